The van der Waals surface area contributed by atoms with Crippen molar-refractivity contribution in [3.8, 4) is 0 Å². The van der Waals surface area contributed by atoms with Gasteiger partial charge in [0.15, 0.2) is 6.29 Å². The van der Waals surface area contributed by atoms with Crippen LogP contribution >= 0.6 is 11.3 Å². The largest absolute Gasteiger partial charge is 0.296 e. The van der Waals surface area contributed by atoms with Gasteiger partial charge in [-0.05, 0) is 12.8 Å². The third kappa shape index (κ3) is 2.40. The highest BCUT2D eigenvalue weighted by Crippen LogP contribution is 2.42. The summed E-state index contributed by atoms with van der Waals surface area (Å²) in [6, 6.07) is 0. The van der Waals surface area contributed by atoms with Crippen LogP contribution in [0.15, 0.2) is 5.38 Å². The van der Waals surface area contributed by atoms with Gasteiger partial charge in [-0.1, -0.05) is 0 Å². The number of alkyl halides is 2. The van der Waals surface area contributed by atoms with Crippen LogP contribution in [0.5, 0.6) is 0 Å². The van der Waals surface area contributed by atoms with Crippen molar-refractivity contribution in [1.29, 1.82) is 0 Å². The molecule has 1 heterocycles. The third-order valence-electron chi connectivity index (χ3n) is 2.65. The first-order valence-corrected chi connectivity index (χ1v) is 5.77. The number of rotatable bonds is 2. The molecule has 0 N–H and O–H groups in total. The fourth-order valence-electron chi connectivity index (χ4n) is 1.92. The molecule has 82 valence electrons. The summed E-state index contributed by atoms with van der Waals surface area (Å²) in [5, 5.41) is 2.30. The summed E-state index contributed by atoms with van der Waals surface area (Å²) in [5.41, 5.74) is 0.351. The Labute approximate surface area is 90.3 Å². The normalized spacial score (nSPS) is 25.1. The fraction of sp³-hybridized carbons (Fsp3) is 0.600. The molecule has 0 saturated heterocycles. The number of hydrogen-bond acceptors (Lipinski definition) is 3. The quantitative estimate of drug-likeness (QED) is 0.731. The number of hydrogen-bond donors (Lipinski definition) is 0. The van der Waals surface area contributed by atoms with E-state index in [1.807, 2.05) is 0 Å². The van der Waals surface area contributed by atoms with Gasteiger partial charge in [-0.25, -0.2) is 13.8 Å². The number of thiazole rings is 1. The molecule has 0 radical (unpaired) electrons. The first kappa shape index (κ1) is 10.7. The van der Waals surface area contributed by atoms with E-state index < -0.39 is 5.92 Å². The Morgan fingerprint density at radius 3 is 3.00 bits per heavy atom. The molecule has 0 spiro atoms. The topological polar surface area (TPSA) is 30.0 Å². The Morgan fingerprint density at radius 2 is 2.40 bits per heavy atom. The van der Waals surface area contributed by atoms with Crippen LogP contribution in [0.25, 0.3) is 0 Å². The van der Waals surface area contributed by atoms with Crippen LogP contribution in [-0.2, 0) is 0 Å². The summed E-state index contributed by atoms with van der Waals surface area (Å²) >= 11 is 1.31. The molecule has 5 heteroatoms. The van der Waals surface area contributed by atoms with Crippen molar-refractivity contribution in [1.82, 2.24) is 4.98 Å². The molecule has 1 aromatic heterocycles. The molecule has 1 aromatic rings. The van der Waals surface area contributed by atoms with Crippen LogP contribution in [0.1, 0.15) is 47.1 Å². The predicted octanol–water partition coefficient (Wildman–Crippen LogP) is 3.25. The second-order valence-electron chi connectivity index (χ2n) is 3.88. The molecular formula is C10H11F2NOS. The smallest absolute Gasteiger partial charge is 0.248 e. The number of nitrogens with zero attached hydrogens (tertiary/aromatic N) is 1. The lowest BCUT2D eigenvalue weighted by Crippen LogP contribution is -2.24. The van der Waals surface area contributed by atoms with Gasteiger partial charge in [0.05, 0.1) is 5.01 Å². The van der Waals surface area contributed by atoms with E-state index in [0.717, 1.165) is 6.42 Å². The monoisotopic (exact) mass is 231 g/mol. The molecule has 1 aliphatic carbocycles. The standard InChI is InChI=1S/C10H11F2NOS/c11-10(12)3-1-2-7(4-10)9-13-8(5-14)6-15-9/h5-7H,1-4H2. The van der Waals surface area contributed by atoms with Gasteiger partial charge in [0, 0.05) is 24.1 Å². The zero-order valence-electron chi connectivity index (χ0n) is 8.08. The Kier molecular flexibility index (Phi) is 2.82. The Balaban J connectivity index is 2.13. The molecule has 0 amide bonds. The number of carbonyl (C=O) groups is 1. The highest BCUT2D eigenvalue weighted by molar-refractivity contribution is 7.09. The molecule has 1 atom stereocenters. The first-order valence-electron chi connectivity index (χ1n) is 4.89. The van der Waals surface area contributed by atoms with Crippen LogP contribution < -0.4 is 0 Å². The van der Waals surface area contributed by atoms with E-state index in [1.54, 1.807) is 5.38 Å². The highest BCUT2D eigenvalue weighted by Gasteiger charge is 2.37. The molecule has 1 fully saturated rings. The van der Waals surface area contributed by atoms with Gasteiger partial charge in [-0.15, -0.1) is 11.3 Å². The van der Waals surface area contributed by atoms with E-state index in [9.17, 15) is 13.6 Å². The molecule has 15 heavy (non-hydrogen) atoms. The molecule has 0 bridgehead atoms. The predicted molar refractivity (Wildman–Crippen MR) is 53.7 cm³/mol. The Bertz CT molecular complexity index is 364. The fourth-order valence-corrected chi connectivity index (χ4v) is 2.83. The van der Waals surface area contributed by atoms with Gasteiger partial charge >= 0.3 is 0 Å². The van der Waals surface area contributed by atoms with Crippen LogP contribution in [0, 0.1) is 0 Å². The van der Waals surface area contributed by atoms with Crippen molar-refractivity contribution in [2.24, 2.45) is 0 Å². The molecule has 1 saturated carbocycles. The van der Waals surface area contributed by atoms with Crippen molar-refractivity contribution >= 4 is 17.6 Å². The molecular weight excluding hydrogens is 220 g/mol. The van der Waals surface area contributed by atoms with E-state index in [-0.39, 0.29) is 18.8 Å². The SMILES string of the molecule is O=Cc1csc(C2CCCC(F)(F)C2)n1. The van der Waals surface area contributed by atoms with Crippen LogP contribution in [0.3, 0.4) is 0 Å². The number of aldehydes is 1. The molecule has 1 aliphatic rings. The van der Waals surface area contributed by atoms with Gasteiger partial charge in [0.1, 0.15) is 5.69 Å². The summed E-state index contributed by atoms with van der Waals surface area (Å²) in [6.45, 7) is 0. The highest BCUT2D eigenvalue weighted by atomic mass is 32.1. The Morgan fingerprint density at radius 1 is 1.60 bits per heavy atom. The average Bonchev–Trinajstić information content (AvgIpc) is 2.64. The molecule has 0 aromatic carbocycles. The van der Waals surface area contributed by atoms with Gasteiger partial charge in [0.2, 0.25) is 5.92 Å². The maximum absolute atomic E-state index is 13.1. The van der Waals surface area contributed by atoms with Crippen LogP contribution in [0.4, 0.5) is 8.78 Å². The van der Waals surface area contributed by atoms with Crippen LogP contribution in [0.2, 0.25) is 0 Å². The minimum atomic E-state index is -2.56. The zero-order valence-corrected chi connectivity index (χ0v) is 8.90. The number of aromatic nitrogens is 1. The first-order chi connectivity index (χ1) is 7.11. The lowest BCUT2D eigenvalue weighted by molar-refractivity contribution is -0.0408. The average molecular weight is 231 g/mol. The molecule has 1 unspecified atom stereocenters. The Hall–Kier alpha value is -0.840. The minimum Gasteiger partial charge on any atom is -0.296 e. The summed E-state index contributed by atoms with van der Waals surface area (Å²) in [6.07, 6.45) is 1.80. The lowest BCUT2D eigenvalue weighted by Gasteiger charge is -2.27. The maximum Gasteiger partial charge on any atom is 0.248 e. The second-order valence-corrected chi connectivity index (χ2v) is 4.77. The summed E-state index contributed by atoms with van der Waals surface area (Å²) < 4.78 is 26.3. The van der Waals surface area contributed by atoms with Crippen molar-refractivity contribution in [3.63, 3.8) is 0 Å². The summed E-state index contributed by atoms with van der Waals surface area (Å²) in [7, 11) is 0. The van der Waals surface area contributed by atoms with E-state index >= 15 is 0 Å². The van der Waals surface area contributed by atoms with Crippen molar-refractivity contribution < 1.29 is 13.6 Å². The lowest BCUT2D eigenvalue weighted by atomic mass is 9.87. The van der Waals surface area contributed by atoms with E-state index in [4.69, 9.17) is 0 Å². The van der Waals surface area contributed by atoms with Gasteiger partial charge in [0.25, 0.3) is 0 Å². The third-order valence-corrected chi connectivity index (χ3v) is 3.68. The minimum absolute atomic E-state index is 0.0184. The van der Waals surface area contributed by atoms with E-state index in [1.165, 1.54) is 11.3 Å². The molecule has 0 aliphatic heterocycles. The second kappa shape index (κ2) is 3.96. The summed E-state index contributed by atoms with van der Waals surface area (Å²) in [5.74, 6) is -2.73. The molecule has 2 rings (SSSR count). The number of carbonyl (C=O) groups excluding carboxylic acids is 1. The van der Waals surface area contributed by atoms with Crippen molar-refractivity contribution in [2.45, 2.75) is 37.5 Å². The van der Waals surface area contributed by atoms with E-state index in [2.05, 4.69) is 4.98 Å². The van der Waals surface area contributed by atoms with Gasteiger partial charge in [-0.2, -0.15) is 0 Å². The van der Waals surface area contributed by atoms with Crippen molar-refractivity contribution in [2.75, 3.05) is 0 Å². The van der Waals surface area contributed by atoms with Crippen LogP contribution in [-0.4, -0.2) is 17.2 Å². The van der Waals surface area contributed by atoms with Crippen molar-refractivity contribution in [3.05, 3.63) is 16.1 Å². The van der Waals surface area contributed by atoms with Gasteiger partial charge in [-0.3, -0.25) is 4.79 Å². The number of halogens is 2. The summed E-state index contributed by atoms with van der Waals surface area (Å²) in [4.78, 5) is 14.5. The molecule has 2 nitrogen and oxygen atoms in total. The van der Waals surface area contributed by atoms with Gasteiger partial charge < -0.3 is 0 Å². The zero-order chi connectivity index (χ0) is 10.9. The maximum atomic E-state index is 13.1. The van der Waals surface area contributed by atoms with E-state index in [0.29, 0.717) is 23.4 Å².